The van der Waals surface area contributed by atoms with Gasteiger partial charge in [-0.3, -0.25) is 19.2 Å². The minimum absolute atomic E-state index is 0.0000439. The van der Waals surface area contributed by atoms with Crippen molar-refractivity contribution in [2.24, 2.45) is 17.8 Å². The highest BCUT2D eigenvalue weighted by Gasteiger charge is 2.39. The maximum Gasteiger partial charge on any atom is 0.306 e. The second-order valence-electron chi connectivity index (χ2n) is 8.78. The molecular formula is C23H29N3O5. The summed E-state index contributed by atoms with van der Waals surface area (Å²) in [5, 5.41) is 9.12. The molecule has 0 bridgehead atoms. The quantitative estimate of drug-likeness (QED) is 0.787. The molecule has 0 saturated carbocycles. The number of rotatable bonds is 4. The third-order valence-corrected chi connectivity index (χ3v) is 6.85. The Morgan fingerprint density at radius 3 is 1.84 bits per heavy atom. The third-order valence-electron chi connectivity index (χ3n) is 6.85. The normalized spacial score (nSPS) is 23.3. The average molecular weight is 428 g/mol. The molecule has 8 heteroatoms. The van der Waals surface area contributed by atoms with Gasteiger partial charge in [0.2, 0.25) is 17.7 Å². The van der Waals surface area contributed by atoms with Crippen LogP contribution < -0.4 is 4.90 Å². The largest absolute Gasteiger partial charge is 0.481 e. The van der Waals surface area contributed by atoms with Crippen molar-refractivity contribution >= 4 is 29.4 Å². The zero-order valence-electron chi connectivity index (χ0n) is 17.6. The van der Waals surface area contributed by atoms with Crippen molar-refractivity contribution in [2.45, 2.75) is 32.1 Å². The monoisotopic (exact) mass is 427 g/mol. The van der Waals surface area contributed by atoms with Gasteiger partial charge in [0.1, 0.15) is 0 Å². The number of carboxylic acids is 1. The second kappa shape index (κ2) is 9.08. The molecule has 3 amide bonds. The van der Waals surface area contributed by atoms with E-state index in [2.05, 4.69) is 0 Å². The summed E-state index contributed by atoms with van der Waals surface area (Å²) in [7, 11) is 0. The van der Waals surface area contributed by atoms with Crippen LogP contribution in [0.2, 0.25) is 0 Å². The van der Waals surface area contributed by atoms with Crippen LogP contribution in [0.3, 0.4) is 0 Å². The molecule has 4 rings (SSSR count). The maximum atomic E-state index is 13.0. The standard InChI is InChI=1S/C23H29N3O5/c27-20-14-18(15-26(20)19-4-2-1-3-5-19)22(29)25-10-6-16(7-11-25)21(28)24-12-8-17(9-13-24)23(30)31/h1-5,16-18H,6-15H2,(H,30,31)/t18-/m0/s1. The van der Waals surface area contributed by atoms with E-state index in [4.69, 9.17) is 5.11 Å². The van der Waals surface area contributed by atoms with E-state index in [1.54, 1.807) is 14.7 Å². The second-order valence-corrected chi connectivity index (χ2v) is 8.78. The van der Waals surface area contributed by atoms with Crippen molar-refractivity contribution in [3.05, 3.63) is 30.3 Å². The van der Waals surface area contributed by atoms with Gasteiger partial charge in [-0.05, 0) is 37.8 Å². The van der Waals surface area contributed by atoms with Crippen LogP contribution in [0.25, 0.3) is 0 Å². The molecule has 31 heavy (non-hydrogen) atoms. The highest BCUT2D eigenvalue weighted by Crippen LogP contribution is 2.29. The van der Waals surface area contributed by atoms with Gasteiger partial charge in [-0.2, -0.15) is 0 Å². The molecule has 8 nitrogen and oxygen atoms in total. The zero-order valence-corrected chi connectivity index (χ0v) is 17.6. The van der Waals surface area contributed by atoms with E-state index in [0.717, 1.165) is 5.69 Å². The molecule has 0 aliphatic carbocycles. The molecule has 1 N–H and O–H groups in total. The molecule has 0 aromatic heterocycles. The van der Waals surface area contributed by atoms with Gasteiger partial charge >= 0.3 is 5.97 Å². The number of hydrogen-bond donors (Lipinski definition) is 1. The fraction of sp³-hybridized carbons (Fsp3) is 0.565. The van der Waals surface area contributed by atoms with Gasteiger partial charge in [-0.1, -0.05) is 18.2 Å². The summed E-state index contributed by atoms with van der Waals surface area (Å²) in [6.45, 7) is 2.44. The lowest BCUT2D eigenvalue weighted by atomic mass is 9.91. The van der Waals surface area contributed by atoms with Crippen LogP contribution >= 0.6 is 0 Å². The first-order valence-corrected chi connectivity index (χ1v) is 11.1. The summed E-state index contributed by atoms with van der Waals surface area (Å²) in [4.78, 5) is 54.6. The van der Waals surface area contributed by atoms with E-state index in [0.29, 0.717) is 58.4 Å². The Morgan fingerprint density at radius 1 is 0.774 bits per heavy atom. The SMILES string of the molecule is O=C(O)C1CCN(C(=O)C2CCN(C(=O)[C@H]3CC(=O)N(c4ccccc4)C3)CC2)CC1. The minimum atomic E-state index is -0.782. The maximum absolute atomic E-state index is 13.0. The van der Waals surface area contributed by atoms with Gasteiger partial charge in [0.05, 0.1) is 11.8 Å². The van der Waals surface area contributed by atoms with Crippen LogP contribution in [-0.4, -0.2) is 71.3 Å². The van der Waals surface area contributed by atoms with Gasteiger partial charge in [-0.15, -0.1) is 0 Å². The van der Waals surface area contributed by atoms with Crippen molar-refractivity contribution in [1.29, 1.82) is 0 Å². The van der Waals surface area contributed by atoms with Gasteiger partial charge in [0.25, 0.3) is 0 Å². The van der Waals surface area contributed by atoms with Gasteiger partial charge < -0.3 is 19.8 Å². The van der Waals surface area contributed by atoms with Gasteiger partial charge in [0, 0.05) is 50.7 Å². The van der Waals surface area contributed by atoms with E-state index in [1.165, 1.54) is 0 Å². The molecule has 0 unspecified atom stereocenters. The first kappa shape index (κ1) is 21.3. The number of piperidine rings is 2. The number of likely N-dealkylation sites (tertiary alicyclic amines) is 2. The van der Waals surface area contributed by atoms with Gasteiger partial charge in [0.15, 0.2) is 0 Å². The number of hydrogen-bond acceptors (Lipinski definition) is 4. The fourth-order valence-electron chi connectivity index (χ4n) is 4.94. The highest BCUT2D eigenvalue weighted by atomic mass is 16.4. The minimum Gasteiger partial charge on any atom is -0.481 e. The van der Waals surface area contributed by atoms with Crippen molar-refractivity contribution in [2.75, 3.05) is 37.6 Å². The Balaban J connectivity index is 1.27. The molecule has 3 aliphatic heterocycles. The molecule has 3 aliphatic rings. The number of carbonyl (C=O) groups is 4. The number of carbonyl (C=O) groups excluding carboxylic acids is 3. The van der Waals surface area contributed by atoms with Crippen molar-refractivity contribution in [3.63, 3.8) is 0 Å². The fourth-order valence-corrected chi connectivity index (χ4v) is 4.94. The topological polar surface area (TPSA) is 98.2 Å². The zero-order chi connectivity index (χ0) is 22.0. The molecule has 1 aromatic rings. The lowest BCUT2D eigenvalue weighted by molar-refractivity contribution is -0.147. The molecule has 3 heterocycles. The number of carboxylic acid groups (broad SMARTS) is 1. The molecule has 3 fully saturated rings. The Kier molecular flexibility index (Phi) is 6.25. The molecule has 166 valence electrons. The van der Waals surface area contributed by atoms with E-state index in [1.807, 2.05) is 30.3 Å². The Hall–Kier alpha value is -2.90. The summed E-state index contributed by atoms with van der Waals surface area (Å²) in [6, 6.07) is 9.40. The van der Waals surface area contributed by atoms with Crippen LogP contribution in [0.4, 0.5) is 5.69 Å². The summed E-state index contributed by atoms with van der Waals surface area (Å²) in [5.41, 5.74) is 0.818. The summed E-state index contributed by atoms with van der Waals surface area (Å²) in [5.74, 6) is -1.53. The lowest BCUT2D eigenvalue weighted by Crippen LogP contribution is -2.48. The van der Waals surface area contributed by atoms with Crippen LogP contribution in [0.5, 0.6) is 0 Å². The van der Waals surface area contributed by atoms with Crippen LogP contribution in [0.15, 0.2) is 30.3 Å². The Morgan fingerprint density at radius 2 is 1.29 bits per heavy atom. The third kappa shape index (κ3) is 4.57. The van der Waals surface area contributed by atoms with Crippen LogP contribution in [0.1, 0.15) is 32.1 Å². The lowest BCUT2D eigenvalue weighted by Gasteiger charge is -2.37. The van der Waals surface area contributed by atoms with Crippen LogP contribution in [-0.2, 0) is 19.2 Å². The van der Waals surface area contributed by atoms with Crippen molar-refractivity contribution in [1.82, 2.24) is 9.80 Å². The number of amides is 3. The predicted octanol–water partition coefficient (Wildman–Crippen LogP) is 1.60. The number of para-hydroxylation sites is 1. The molecule has 0 radical (unpaired) electrons. The molecule has 1 atom stereocenters. The van der Waals surface area contributed by atoms with E-state index < -0.39 is 5.97 Å². The highest BCUT2D eigenvalue weighted by molar-refractivity contribution is 6.00. The Bertz CT molecular complexity index is 842. The number of benzene rings is 1. The smallest absolute Gasteiger partial charge is 0.306 e. The van der Waals surface area contributed by atoms with E-state index >= 15 is 0 Å². The molecule has 0 spiro atoms. The van der Waals surface area contributed by atoms with E-state index in [9.17, 15) is 19.2 Å². The summed E-state index contributed by atoms with van der Waals surface area (Å²) >= 11 is 0. The van der Waals surface area contributed by atoms with Gasteiger partial charge in [-0.25, -0.2) is 0 Å². The molecule has 3 saturated heterocycles. The number of aliphatic carboxylic acids is 1. The van der Waals surface area contributed by atoms with E-state index in [-0.39, 0.29) is 41.9 Å². The van der Waals surface area contributed by atoms with Crippen LogP contribution in [0, 0.1) is 17.8 Å². The van der Waals surface area contributed by atoms with Crippen molar-refractivity contribution in [3.8, 4) is 0 Å². The summed E-state index contributed by atoms with van der Waals surface area (Å²) < 4.78 is 0. The molecule has 1 aromatic carbocycles. The Labute approximate surface area is 181 Å². The summed E-state index contributed by atoms with van der Waals surface area (Å²) in [6.07, 6.45) is 2.47. The first-order chi connectivity index (χ1) is 14.9. The first-order valence-electron chi connectivity index (χ1n) is 11.1. The number of nitrogens with zero attached hydrogens (tertiary/aromatic N) is 3. The predicted molar refractivity (Wildman–Crippen MR) is 113 cm³/mol. The number of anilines is 1. The molecular weight excluding hydrogens is 398 g/mol. The van der Waals surface area contributed by atoms with Crippen molar-refractivity contribution < 1.29 is 24.3 Å². The average Bonchev–Trinajstić information content (AvgIpc) is 3.20.